The molecule has 0 aromatic rings. The normalized spacial score (nSPS) is 19.8. The molecule has 6 nitrogen and oxygen atoms in total. The number of carbonyl (C=O) groups is 2. The van der Waals surface area contributed by atoms with Crippen molar-refractivity contribution in [3.05, 3.63) is 0 Å². The van der Waals surface area contributed by atoms with E-state index >= 15 is 0 Å². The first-order chi connectivity index (χ1) is 8.99. The maximum Gasteiger partial charge on any atom is 0.323 e. The van der Waals surface area contributed by atoms with E-state index in [1.54, 1.807) is 4.90 Å². The summed E-state index contributed by atoms with van der Waals surface area (Å²) >= 11 is 0. The number of urea groups is 1. The van der Waals surface area contributed by atoms with Gasteiger partial charge in [0.25, 0.3) is 0 Å². The minimum absolute atomic E-state index is 0.216. The van der Waals surface area contributed by atoms with Crippen LogP contribution in [0.4, 0.5) is 4.79 Å². The van der Waals surface area contributed by atoms with Crippen LogP contribution in [0.3, 0.4) is 0 Å². The summed E-state index contributed by atoms with van der Waals surface area (Å²) in [5.41, 5.74) is 5.25. The average molecular weight is 271 g/mol. The molecule has 1 aliphatic heterocycles. The molecule has 2 unspecified atom stereocenters. The third-order valence-electron chi connectivity index (χ3n) is 3.89. The molecule has 1 fully saturated rings. The second kappa shape index (κ2) is 7.33. The number of piperidine rings is 1. The zero-order valence-corrected chi connectivity index (χ0v) is 12.0. The molecule has 2 atom stereocenters. The summed E-state index contributed by atoms with van der Waals surface area (Å²) in [7, 11) is 1.41. The Kier molecular flexibility index (Phi) is 6.08. The molecule has 1 aliphatic rings. The standard InChI is InChI=1S/C13H25N3O3/c1-4-9(2)11(12(17)19-3)15-10-5-7-16(8-6-10)13(14)18/h9-11,15H,4-8H2,1-3H3,(H2,14,18). The fourth-order valence-electron chi connectivity index (χ4n) is 2.35. The van der Waals surface area contributed by atoms with Crippen LogP contribution < -0.4 is 11.1 Å². The molecule has 2 amide bonds. The lowest BCUT2D eigenvalue weighted by Gasteiger charge is -2.34. The first-order valence-corrected chi connectivity index (χ1v) is 6.87. The third-order valence-corrected chi connectivity index (χ3v) is 3.89. The molecule has 0 radical (unpaired) electrons. The molecule has 19 heavy (non-hydrogen) atoms. The monoisotopic (exact) mass is 271 g/mol. The summed E-state index contributed by atoms with van der Waals surface area (Å²) in [5, 5.41) is 3.36. The van der Waals surface area contributed by atoms with Crippen molar-refractivity contribution in [2.24, 2.45) is 11.7 Å². The molecule has 0 aromatic carbocycles. The van der Waals surface area contributed by atoms with Gasteiger partial charge in [-0.2, -0.15) is 0 Å². The van der Waals surface area contributed by atoms with Gasteiger partial charge in [0.05, 0.1) is 7.11 Å². The first kappa shape index (κ1) is 15.8. The molecule has 3 N–H and O–H groups in total. The zero-order valence-electron chi connectivity index (χ0n) is 12.0. The lowest BCUT2D eigenvalue weighted by atomic mass is 9.96. The first-order valence-electron chi connectivity index (χ1n) is 6.87. The molecule has 0 saturated carbocycles. The summed E-state index contributed by atoms with van der Waals surface area (Å²) in [4.78, 5) is 24.5. The summed E-state index contributed by atoms with van der Waals surface area (Å²) in [6.45, 7) is 5.37. The minimum Gasteiger partial charge on any atom is -0.468 e. The highest BCUT2D eigenvalue weighted by Gasteiger charge is 2.29. The molecular formula is C13H25N3O3. The third kappa shape index (κ3) is 4.38. The predicted molar refractivity (Wildman–Crippen MR) is 72.6 cm³/mol. The van der Waals surface area contributed by atoms with Crippen molar-refractivity contribution in [2.75, 3.05) is 20.2 Å². The molecule has 6 heteroatoms. The van der Waals surface area contributed by atoms with Crippen molar-refractivity contribution in [3.63, 3.8) is 0 Å². The van der Waals surface area contributed by atoms with Crippen LogP contribution in [-0.2, 0) is 9.53 Å². The van der Waals surface area contributed by atoms with Crippen molar-refractivity contribution >= 4 is 12.0 Å². The predicted octanol–water partition coefficient (Wildman–Crippen LogP) is 0.707. The van der Waals surface area contributed by atoms with E-state index < -0.39 is 0 Å². The number of esters is 1. The smallest absolute Gasteiger partial charge is 0.323 e. The second-order valence-electron chi connectivity index (χ2n) is 5.15. The van der Waals surface area contributed by atoms with Crippen molar-refractivity contribution in [2.45, 2.75) is 45.2 Å². The van der Waals surface area contributed by atoms with Gasteiger partial charge in [-0.05, 0) is 18.8 Å². The molecule has 110 valence electrons. The lowest BCUT2D eigenvalue weighted by Crippen LogP contribution is -2.52. The number of hydrogen-bond donors (Lipinski definition) is 2. The number of rotatable bonds is 5. The number of carbonyl (C=O) groups excluding carboxylic acids is 2. The van der Waals surface area contributed by atoms with E-state index in [0.29, 0.717) is 13.1 Å². The van der Waals surface area contributed by atoms with Gasteiger partial charge < -0.3 is 20.7 Å². The van der Waals surface area contributed by atoms with E-state index in [0.717, 1.165) is 19.3 Å². The number of nitrogens with zero attached hydrogens (tertiary/aromatic N) is 1. The maximum atomic E-state index is 11.8. The molecule has 1 heterocycles. The largest absolute Gasteiger partial charge is 0.468 e. The fraction of sp³-hybridized carbons (Fsp3) is 0.846. The van der Waals surface area contributed by atoms with Gasteiger partial charge in [0.1, 0.15) is 6.04 Å². The van der Waals surface area contributed by atoms with E-state index in [-0.39, 0.29) is 30.0 Å². The van der Waals surface area contributed by atoms with Crippen molar-refractivity contribution < 1.29 is 14.3 Å². The SMILES string of the molecule is CCC(C)C(NC1CCN(C(N)=O)CC1)C(=O)OC. The van der Waals surface area contributed by atoms with Gasteiger partial charge in [-0.3, -0.25) is 4.79 Å². The van der Waals surface area contributed by atoms with Gasteiger partial charge in [-0.25, -0.2) is 4.79 Å². The van der Waals surface area contributed by atoms with Crippen LogP contribution in [0.5, 0.6) is 0 Å². The summed E-state index contributed by atoms with van der Waals surface area (Å²) in [6, 6.07) is -0.418. The molecule has 0 aromatic heterocycles. The Bertz CT molecular complexity index is 314. The zero-order chi connectivity index (χ0) is 14.4. The highest BCUT2D eigenvalue weighted by molar-refractivity contribution is 5.76. The van der Waals surface area contributed by atoms with Gasteiger partial charge in [-0.1, -0.05) is 20.3 Å². The Morgan fingerprint density at radius 2 is 2.00 bits per heavy atom. The average Bonchev–Trinajstić information content (AvgIpc) is 2.43. The van der Waals surface area contributed by atoms with Crippen molar-refractivity contribution in [3.8, 4) is 0 Å². The summed E-state index contributed by atoms with van der Waals surface area (Å²) in [6.07, 6.45) is 2.53. The van der Waals surface area contributed by atoms with Gasteiger partial charge >= 0.3 is 12.0 Å². The highest BCUT2D eigenvalue weighted by Crippen LogP contribution is 2.15. The van der Waals surface area contributed by atoms with Crippen LogP contribution in [0.25, 0.3) is 0 Å². The quantitative estimate of drug-likeness (QED) is 0.721. The van der Waals surface area contributed by atoms with Crippen LogP contribution in [0.1, 0.15) is 33.1 Å². The van der Waals surface area contributed by atoms with Gasteiger partial charge in [0.2, 0.25) is 0 Å². The van der Waals surface area contributed by atoms with E-state index in [1.165, 1.54) is 7.11 Å². The van der Waals surface area contributed by atoms with E-state index in [1.807, 2.05) is 6.92 Å². The Labute approximate surface area is 114 Å². The van der Waals surface area contributed by atoms with Crippen LogP contribution in [0.2, 0.25) is 0 Å². The highest BCUT2D eigenvalue weighted by atomic mass is 16.5. The topological polar surface area (TPSA) is 84.7 Å². The number of primary amides is 1. The fourth-order valence-corrected chi connectivity index (χ4v) is 2.35. The number of methoxy groups -OCH3 is 1. The van der Waals surface area contributed by atoms with Gasteiger partial charge in [-0.15, -0.1) is 0 Å². The van der Waals surface area contributed by atoms with E-state index in [2.05, 4.69) is 12.2 Å². The van der Waals surface area contributed by atoms with Crippen molar-refractivity contribution in [1.82, 2.24) is 10.2 Å². The van der Waals surface area contributed by atoms with Crippen LogP contribution in [0, 0.1) is 5.92 Å². The molecule has 0 aliphatic carbocycles. The molecule has 0 spiro atoms. The second-order valence-corrected chi connectivity index (χ2v) is 5.15. The number of amides is 2. The lowest BCUT2D eigenvalue weighted by molar-refractivity contribution is -0.144. The number of nitrogens with one attached hydrogen (secondary N) is 1. The van der Waals surface area contributed by atoms with Crippen LogP contribution >= 0.6 is 0 Å². The molecular weight excluding hydrogens is 246 g/mol. The number of nitrogens with two attached hydrogens (primary N) is 1. The molecule has 1 saturated heterocycles. The van der Waals surface area contributed by atoms with Gasteiger partial charge in [0.15, 0.2) is 0 Å². The van der Waals surface area contributed by atoms with E-state index in [9.17, 15) is 9.59 Å². The Balaban J connectivity index is 2.52. The van der Waals surface area contributed by atoms with Crippen LogP contribution in [0.15, 0.2) is 0 Å². The Morgan fingerprint density at radius 1 is 1.42 bits per heavy atom. The van der Waals surface area contributed by atoms with Gasteiger partial charge in [0, 0.05) is 19.1 Å². The number of hydrogen-bond acceptors (Lipinski definition) is 4. The molecule has 1 rings (SSSR count). The summed E-state index contributed by atoms with van der Waals surface area (Å²) in [5.74, 6) is 0.00769. The maximum absolute atomic E-state index is 11.8. The minimum atomic E-state index is -0.370. The number of likely N-dealkylation sites (tertiary alicyclic amines) is 1. The summed E-state index contributed by atoms with van der Waals surface area (Å²) < 4.78 is 4.85. The van der Waals surface area contributed by atoms with Crippen molar-refractivity contribution in [1.29, 1.82) is 0 Å². The Morgan fingerprint density at radius 3 is 2.42 bits per heavy atom. The van der Waals surface area contributed by atoms with E-state index in [4.69, 9.17) is 10.5 Å². The Hall–Kier alpha value is -1.30. The number of ether oxygens (including phenoxy) is 1. The van der Waals surface area contributed by atoms with Crippen LogP contribution in [-0.4, -0.2) is 49.2 Å². The molecule has 0 bridgehead atoms.